The van der Waals surface area contributed by atoms with Crippen molar-refractivity contribution < 1.29 is 19.8 Å². The van der Waals surface area contributed by atoms with Crippen LogP contribution in [0, 0.1) is 29.1 Å². The number of hydrogen-bond acceptors (Lipinski definition) is 4. The number of carbonyl (C=O) groups excluding carboxylic acids is 2. The van der Waals surface area contributed by atoms with Crippen LogP contribution in [-0.2, 0) is 9.59 Å². The fraction of sp³-hybridized carbons (Fsp3) is 0.857. The highest BCUT2D eigenvalue weighted by Crippen LogP contribution is 2.62. The highest BCUT2D eigenvalue weighted by Gasteiger charge is 2.73. The van der Waals surface area contributed by atoms with E-state index >= 15 is 0 Å². The quantitative estimate of drug-likeness (QED) is 0.617. The molecule has 0 unspecified atom stereocenters. The first-order chi connectivity index (χ1) is 8.24. The van der Waals surface area contributed by atoms with Gasteiger partial charge in [-0.1, -0.05) is 6.92 Å². The number of aliphatic hydroxyl groups is 2. The van der Waals surface area contributed by atoms with E-state index < -0.39 is 29.0 Å². The minimum absolute atomic E-state index is 0.0357. The summed E-state index contributed by atoms with van der Waals surface area (Å²) in [6.45, 7) is 5.12. The second-order valence-electron chi connectivity index (χ2n) is 6.69. The molecule has 0 heterocycles. The standard InChI is InChI=1S/C14H20O4/c1-6-7-4-5-8(15)9-10(7)14(3,18)12(17)13(6,2)11(9)16/h6-10,15,18H,4-5H2,1-3H3/t6-,7-,8-,9-,10+,13-,14+/m1/s1. The molecule has 4 nitrogen and oxygen atoms in total. The van der Waals surface area contributed by atoms with Gasteiger partial charge < -0.3 is 10.2 Å². The van der Waals surface area contributed by atoms with Gasteiger partial charge in [-0.25, -0.2) is 0 Å². The van der Waals surface area contributed by atoms with Crippen molar-refractivity contribution in [1.82, 2.24) is 0 Å². The Morgan fingerprint density at radius 3 is 2.44 bits per heavy atom. The van der Waals surface area contributed by atoms with Crippen molar-refractivity contribution in [2.45, 2.75) is 45.3 Å². The smallest absolute Gasteiger partial charge is 0.177 e. The highest BCUT2D eigenvalue weighted by molar-refractivity contribution is 6.15. The lowest BCUT2D eigenvalue weighted by molar-refractivity contribution is -0.216. The maximum Gasteiger partial charge on any atom is 0.177 e. The van der Waals surface area contributed by atoms with Crippen molar-refractivity contribution in [3.05, 3.63) is 0 Å². The average molecular weight is 252 g/mol. The van der Waals surface area contributed by atoms with E-state index in [1.54, 1.807) is 6.92 Å². The lowest BCUT2D eigenvalue weighted by atomic mass is 9.39. The predicted molar refractivity (Wildman–Crippen MR) is 63.6 cm³/mol. The fourth-order valence-corrected chi connectivity index (χ4v) is 4.89. The van der Waals surface area contributed by atoms with Gasteiger partial charge in [0.2, 0.25) is 0 Å². The molecular formula is C14H20O4. The summed E-state index contributed by atoms with van der Waals surface area (Å²) in [5, 5.41) is 20.6. The van der Waals surface area contributed by atoms with Gasteiger partial charge in [-0.05, 0) is 38.5 Å². The van der Waals surface area contributed by atoms with E-state index in [1.165, 1.54) is 6.92 Å². The molecule has 0 aromatic rings. The number of rotatable bonds is 0. The van der Waals surface area contributed by atoms with Crippen LogP contribution < -0.4 is 0 Å². The SMILES string of the molecule is C[C@@H]1[C@H]2CC[C@@H](O)[C@H]3C(=O)[C@]1(C)C(=O)[C@@](C)(O)[C@@H]23. The van der Waals surface area contributed by atoms with Crippen molar-refractivity contribution in [3.8, 4) is 0 Å². The Morgan fingerprint density at radius 1 is 1.22 bits per heavy atom. The maximum atomic E-state index is 12.5. The van der Waals surface area contributed by atoms with Crippen molar-refractivity contribution in [2.75, 3.05) is 0 Å². The molecule has 0 spiro atoms. The molecule has 0 radical (unpaired) electrons. The van der Waals surface area contributed by atoms with E-state index in [4.69, 9.17) is 0 Å². The summed E-state index contributed by atoms with van der Waals surface area (Å²) in [7, 11) is 0. The fourth-order valence-electron chi connectivity index (χ4n) is 4.89. The van der Waals surface area contributed by atoms with Gasteiger partial charge in [-0.15, -0.1) is 0 Å². The first-order valence-electron chi connectivity index (χ1n) is 6.73. The minimum Gasteiger partial charge on any atom is -0.392 e. The Hall–Kier alpha value is -0.740. The average Bonchev–Trinajstić information content (AvgIpc) is 2.31. The van der Waals surface area contributed by atoms with Gasteiger partial charge in [0.05, 0.1) is 17.4 Å². The molecule has 4 heteroatoms. The number of fused-ring (bicyclic) bond motifs is 1. The van der Waals surface area contributed by atoms with E-state index in [-0.39, 0.29) is 23.4 Å². The largest absolute Gasteiger partial charge is 0.392 e. The summed E-state index contributed by atoms with van der Waals surface area (Å²) >= 11 is 0. The Morgan fingerprint density at radius 2 is 1.83 bits per heavy atom. The zero-order chi connectivity index (χ0) is 13.5. The van der Waals surface area contributed by atoms with E-state index in [1.807, 2.05) is 6.92 Å². The lowest BCUT2D eigenvalue weighted by Gasteiger charge is -2.63. The van der Waals surface area contributed by atoms with Gasteiger partial charge >= 0.3 is 0 Å². The lowest BCUT2D eigenvalue weighted by Crippen LogP contribution is -2.75. The van der Waals surface area contributed by atoms with Gasteiger partial charge in [-0.2, -0.15) is 0 Å². The summed E-state index contributed by atoms with van der Waals surface area (Å²) in [6.07, 6.45) is 0.683. The number of Topliss-reactive ketones (excluding diaryl/α,β-unsaturated/α-hetero) is 2. The Labute approximate surface area is 106 Å². The molecule has 100 valence electrons. The number of ketones is 2. The number of aliphatic hydroxyl groups excluding tert-OH is 1. The summed E-state index contributed by atoms with van der Waals surface area (Å²) in [6, 6.07) is 0. The molecule has 4 bridgehead atoms. The molecule has 2 N–H and O–H groups in total. The van der Waals surface area contributed by atoms with Crippen LogP contribution in [0.3, 0.4) is 0 Å². The van der Waals surface area contributed by atoms with Crippen molar-refractivity contribution >= 4 is 11.6 Å². The van der Waals surface area contributed by atoms with Crippen molar-refractivity contribution in [2.24, 2.45) is 29.1 Å². The molecule has 4 aliphatic carbocycles. The molecule has 7 atom stereocenters. The first-order valence-corrected chi connectivity index (χ1v) is 6.73. The molecule has 0 aromatic carbocycles. The van der Waals surface area contributed by atoms with E-state index in [0.29, 0.717) is 6.42 Å². The van der Waals surface area contributed by atoms with Gasteiger partial charge in [0.15, 0.2) is 11.6 Å². The van der Waals surface area contributed by atoms with E-state index in [2.05, 4.69) is 0 Å². The molecule has 4 aliphatic rings. The Balaban J connectivity index is 2.22. The summed E-state index contributed by atoms with van der Waals surface area (Å²) < 4.78 is 0. The zero-order valence-electron chi connectivity index (χ0n) is 11.0. The summed E-state index contributed by atoms with van der Waals surface area (Å²) in [4.78, 5) is 25.0. The van der Waals surface area contributed by atoms with Crippen LogP contribution in [0.5, 0.6) is 0 Å². The van der Waals surface area contributed by atoms with Crippen LogP contribution in [0.2, 0.25) is 0 Å². The van der Waals surface area contributed by atoms with Gasteiger partial charge in [0.25, 0.3) is 0 Å². The summed E-state index contributed by atoms with van der Waals surface area (Å²) in [5.74, 6) is -1.34. The second-order valence-corrected chi connectivity index (χ2v) is 6.69. The molecule has 4 rings (SSSR count). The third kappa shape index (κ3) is 1.05. The summed E-state index contributed by atoms with van der Waals surface area (Å²) in [5.41, 5.74) is -2.58. The predicted octanol–water partition coefficient (Wildman–Crippen LogP) is 0.548. The first kappa shape index (κ1) is 12.3. The van der Waals surface area contributed by atoms with Crippen molar-refractivity contribution in [3.63, 3.8) is 0 Å². The topological polar surface area (TPSA) is 74.6 Å². The van der Waals surface area contributed by atoms with E-state index in [0.717, 1.165) is 6.42 Å². The van der Waals surface area contributed by atoms with Crippen LogP contribution in [-0.4, -0.2) is 33.5 Å². The maximum absolute atomic E-state index is 12.5. The molecule has 0 amide bonds. The van der Waals surface area contributed by atoms with Gasteiger partial charge in [0, 0.05) is 5.92 Å². The highest BCUT2D eigenvalue weighted by atomic mass is 16.3. The third-order valence-corrected chi connectivity index (χ3v) is 6.01. The van der Waals surface area contributed by atoms with Gasteiger partial charge in [-0.3, -0.25) is 9.59 Å². The number of carbonyl (C=O) groups is 2. The van der Waals surface area contributed by atoms with Crippen LogP contribution >= 0.6 is 0 Å². The normalized spacial score (nSPS) is 59.1. The van der Waals surface area contributed by atoms with Crippen LogP contribution in [0.25, 0.3) is 0 Å². The Kier molecular flexibility index (Phi) is 2.20. The second kappa shape index (κ2) is 3.23. The molecule has 0 aromatic heterocycles. The van der Waals surface area contributed by atoms with Crippen LogP contribution in [0.15, 0.2) is 0 Å². The van der Waals surface area contributed by atoms with E-state index in [9.17, 15) is 19.8 Å². The molecule has 0 aliphatic heterocycles. The van der Waals surface area contributed by atoms with Crippen LogP contribution in [0.1, 0.15) is 33.6 Å². The zero-order valence-corrected chi connectivity index (χ0v) is 11.0. The third-order valence-electron chi connectivity index (χ3n) is 6.01. The molecule has 0 saturated heterocycles. The Bertz CT molecular complexity index is 441. The van der Waals surface area contributed by atoms with Gasteiger partial charge in [0.1, 0.15) is 5.60 Å². The molecular weight excluding hydrogens is 232 g/mol. The van der Waals surface area contributed by atoms with Crippen molar-refractivity contribution in [1.29, 1.82) is 0 Å². The molecule has 18 heavy (non-hydrogen) atoms. The molecule has 4 fully saturated rings. The molecule has 4 saturated carbocycles. The minimum atomic E-state index is -1.47. The number of hydrogen-bond donors (Lipinski definition) is 2. The van der Waals surface area contributed by atoms with Crippen LogP contribution in [0.4, 0.5) is 0 Å². The monoisotopic (exact) mass is 252 g/mol.